The molecule has 0 aliphatic heterocycles. The molecule has 0 amide bonds. The van der Waals surface area contributed by atoms with Gasteiger partial charge in [-0.2, -0.15) is 0 Å². The van der Waals surface area contributed by atoms with E-state index in [0.717, 1.165) is 12.0 Å². The Balaban J connectivity index is 2.48. The quantitative estimate of drug-likeness (QED) is 0.538. The van der Waals surface area contributed by atoms with E-state index in [1.165, 1.54) is 5.56 Å². The lowest BCUT2D eigenvalue weighted by molar-refractivity contribution is -0.145. The molecule has 0 aromatic heterocycles. The predicted octanol–water partition coefficient (Wildman–Crippen LogP) is 3.90. The van der Waals surface area contributed by atoms with Crippen molar-refractivity contribution >= 4 is 11.8 Å². The molecular weight excluding hydrogens is 264 g/mol. The van der Waals surface area contributed by atoms with Gasteiger partial charge in [-0.1, -0.05) is 38.1 Å². The summed E-state index contributed by atoms with van der Waals surface area (Å²) in [7, 11) is 0. The number of ether oxygens (including phenoxy) is 1. The summed E-state index contributed by atoms with van der Waals surface area (Å²) in [4.78, 5) is 22.8. The van der Waals surface area contributed by atoms with Crippen LogP contribution in [0.4, 0.5) is 0 Å². The Labute approximate surface area is 127 Å². The fourth-order valence-electron chi connectivity index (χ4n) is 2.17. The zero-order valence-electron chi connectivity index (χ0n) is 13.5. The van der Waals surface area contributed by atoms with Crippen LogP contribution in [0.15, 0.2) is 24.3 Å². The summed E-state index contributed by atoms with van der Waals surface area (Å²) in [5.74, 6) is 0.255. The minimum Gasteiger partial charge on any atom is -0.465 e. The Bertz CT molecular complexity index is 460. The van der Waals surface area contributed by atoms with E-state index in [9.17, 15) is 9.59 Å². The van der Waals surface area contributed by atoms with Crippen molar-refractivity contribution in [2.45, 2.75) is 52.9 Å². The van der Waals surface area contributed by atoms with Gasteiger partial charge in [0.05, 0.1) is 12.5 Å². The van der Waals surface area contributed by atoms with Gasteiger partial charge in [0, 0.05) is 6.42 Å². The highest BCUT2D eigenvalue weighted by atomic mass is 16.5. The normalized spacial score (nSPS) is 12.2. The van der Waals surface area contributed by atoms with Gasteiger partial charge < -0.3 is 9.53 Å². The van der Waals surface area contributed by atoms with Crippen LogP contribution in [0.5, 0.6) is 0 Å². The molecule has 1 aromatic carbocycles. The van der Waals surface area contributed by atoms with Crippen molar-refractivity contribution in [3.63, 3.8) is 0 Å². The number of esters is 1. The predicted molar refractivity (Wildman–Crippen MR) is 84.3 cm³/mol. The zero-order valence-corrected chi connectivity index (χ0v) is 13.5. The molecule has 0 saturated carbocycles. The molecule has 21 heavy (non-hydrogen) atoms. The van der Waals surface area contributed by atoms with Gasteiger partial charge in [0.2, 0.25) is 0 Å². The van der Waals surface area contributed by atoms with Crippen molar-refractivity contribution in [2.75, 3.05) is 6.61 Å². The molecule has 1 aromatic rings. The molecule has 0 radical (unpaired) electrons. The van der Waals surface area contributed by atoms with Crippen molar-refractivity contribution in [3.05, 3.63) is 35.4 Å². The maximum atomic E-state index is 11.9. The third-order valence-electron chi connectivity index (χ3n) is 3.39. The van der Waals surface area contributed by atoms with E-state index in [1.54, 1.807) is 6.92 Å². The zero-order chi connectivity index (χ0) is 15.8. The van der Waals surface area contributed by atoms with Crippen LogP contribution in [0.25, 0.3) is 0 Å². The SMILES string of the molecule is CC(=O)CCCOC(=O)C(C)c1ccc(CC(C)C)cc1. The molecule has 0 N–H and O–H groups in total. The van der Waals surface area contributed by atoms with E-state index in [-0.39, 0.29) is 17.7 Å². The number of hydrogen-bond acceptors (Lipinski definition) is 3. The van der Waals surface area contributed by atoms with Gasteiger partial charge >= 0.3 is 5.97 Å². The average Bonchev–Trinajstić information content (AvgIpc) is 2.42. The average molecular weight is 290 g/mol. The number of carbonyl (C=O) groups is 2. The fourth-order valence-corrected chi connectivity index (χ4v) is 2.17. The summed E-state index contributed by atoms with van der Waals surface area (Å²) in [5.41, 5.74) is 2.26. The van der Waals surface area contributed by atoms with Crippen LogP contribution in [0.3, 0.4) is 0 Å². The first kappa shape index (κ1) is 17.4. The Kier molecular flexibility index (Phi) is 7.13. The highest BCUT2D eigenvalue weighted by Gasteiger charge is 2.16. The first-order valence-electron chi connectivity index (χ1n) is 7.65. The summed E-state index contributed by atoms with van der Waals surface area (Å²) < 4.78 is 5.21. The molecule has 0 aliphatic carbocycles. The first-order valence-corrected chi connectivity index (χ1v) is 7.65. The third kappa shape index (κ3) is 6.56. The van der Waals surface area contributed by atoms with Crippen LogP contribution in [-0.2, 0) is 20.7 Å². The van der Waals surface area contributed by atoms with Crippen molar-refractivity contribution in [1.82, 2.24) is 0 Å². The lowest BCUT2D eigenvalue weighted by Gasteiger charge is -2.13. The largest absolute Gasteiger partial charge is 0.465 e. The van der Waals surface area contributed by atoms with Crippen molar-refractivity contribution in [3.8, 4) is 0 Å². The molecule has 1 unspecified atom stereocenters. The second-order valence-corrected chi connectivity index (χ2v) is 6.03. The van der Waals surface area contributed by atoms with Gasteiger partial charge in [-0.05, 0) is 43.7 Å². The standard InChI is InChI=1S/C18H26O3/c1-13(2)12-16-7-9-17(10-8-16)15(4)18(20)21-11-5-6-14(3)19/h7-10,13,15H,5-6,11-12H2,1-4H3. The molecule has 1 rings (SSSR count). The summed E-state index contributed by atoms with van der Waals surface area (Å²) >= 11 is 0. The molecule has 116 valence electrons. The van der Waals surface area contributed by atoms with Crippen LogP contribution < -0.4 is 0 Å². The van der Waals surface area contributed by atoms with Crippen LogP contribution in [0, 0.1) is 5.92 Å². The number of carbonyl (C=O) groups excluding carboxylic acids is 2. The molecule has 0 heterocycles. The lowest BCUT2D eigenvalue weighted by atomic mass is 9.97. The highest BCUT2D eigenvalue weighted by Crippen LogP contribution is 2.19. The lowest BCUT2D eigenvalue weighted by Crippen LogP contribution is -2.14. The highest BCUT2D eigenvalue weighted by molar-refractivity contribution is 5.78. The minimum atomic E-state index is -0.268. The van der Waals surface area contributed by atoms with E-state index in [0.29, 0.717) is 25.4 Å². The third-order valence-corrected chi connectivity index (χ3v) is 3.39. The summed E-state index contributed by atoms with van der Waals surface area (Å²) in [6, 6.07) is 8.15. The Morgan fingerprint density at radius 1 is 1.10 bits per heavy atom. The van der Waals surface area contributed by atoms with Gasteiger partial charge in [-0.15, -0.1) is 0 Å². The van der Waals surface area contributed by atoms with Crippen molar-refractivity contribution < 1.29 is 14.3 Å². The van der Waals surface area contributed by atoms with Gasteiger partial charge in [0.15, 0.2) is 0 Å². The van der Waals surface area contributed by atoms with Crippen molar-refractivity contribution in [2.24, 2.45) is 5.92 Å². The van der Waals surface area contributed by atoms with Gasteiger partial charge in [-0.3, -0.25) is 4.79 Å². The van der Waals surface area contributed by atoms with Crippen molar-refractivity contribution in [1.29, 1.82) is 0 Å². The van der Waals surface area contributed by atoms with Crippen LogP contribution in [0.1, 0.15) is 57.6 Å². The molecule has 0 aliphatic rings. The topological polar surface area (TPSA) is 43.4 Å². The number of hydrogen-bond donors (Lipinski definition) is 0. The smallest absolute Gasteiger partial charge is 0.313 e. The molecule has 0 saturated heterocycles. The second kappa shape index (κ2) is 8.60. The molecule has 3 heteroatoms. The summed E-state index contributed by atoms with van der Waals surface area (Å²) in [6.45, 7) is 8.09. The molecule has 0 bridgehead atoms. The number of rotatable bonds is 8. The Morgan fingerprint density at radius 3 is 2.24 bits per heavy atom. The van der Waals surface area contributed by atoms with E-state index in [4.69, 9.17) is 4.74 Å². The number of benzene rings is 1. The van der Waals surface area contributed by atoms with E-state index in [2.05, 4.69) is 26.0 Å². The Hall–Kier alpha value is -1.64. The number of ketones is 1. The van der Waals surface area contributed by atoms with E-state index in [1.807, 2.05) is 19.1 Å². The molecule has 0 fully saturated rings. The second-order valence-electron chi connectivity index (χ2n) is 6.03. The van der Waals surface area contributed by atoms with Gasteiger partial charge in [0.1, 0.15) is 5.78 Å². The van der Waals surface area contributed by atoms with Gasteiger partial charge in [-0.25, -0.2) is 0 Å². The van der Waals surface area contributed by atoms with Crippen LogP contribution >= 0.6 is 0 Å². The Morgan fingerprint density at radius 2 is 1.71 bits per heavy atom. The number of Topliss-reactive ketones (excluding diaryl/α,β-unsaturated/α-hetero) is 1. The molecule has 0 spiro atoms. The monoisotopic (exact) mass is 290 g/mol. The minimum absolute atomic E-state index is 0.125. The first-order chi connectivity index (χ1) is 9.90. The van der Waals surface area contributed by atoms with E-state index < -0.39 is 0 Å². The summed E-state index contributed by atoms with van der Waals surface area (Å²) in [5, 5.41) is 0. The van der Waals surface area contributed by atoms with Gasteiger partial charge in [0.25, 0.3) is 0 Å². The molecule has 1 atom stereocenters. The fraction of sp³-hybridized carbons (Fsp3) is 0.556. The van der Waals surface area contributed by atoms with Crippen LogP contribution in [-0.4, -0.2) is 18.4 Å². The van der Waals surface area contributed by atoms with E-state index >= 15 is 0 Å². The maximum absolute atomic E-state index is 11.9. The maximum Gasteiger partial charge on any atom is 0.313 e. The summed E-state index contributed by atoms with van der Waals surface area (Å²) in [6.07, 6.45) is 2.11. The molecule has 3 nitrogen and oxygen atoms in total. The van der Waals surface area contributed by atoms with Crippen LogP contribution in [0.2, 0.25) is 0 Å². The molecular formula is C18H26O3.